The number of rotatable bonds is 1. The predicted molar refractivity (Wildman–Crippen MR) is 73.3 cm³/mol. The Hall–Kier alpha value is -0.780. The van der Waals surface area contributed by atoms with Crippen LogP contribution in [0.1, 0.15) is 68.4 Å². The standard InChI is InChI=1S/C17H24/c1-14-8-2-3-9-15(14)16-10-4-5-11-17(16)12-6-7-13-17/h2-3,8-9,16H,4-7,10-13H2,1H3. The van der Waals surface area contributed by atoms with Gasteiger partial charge in [-0.05, 0) is 55.1 Å². The van der Waals surface area contributed by atoms with Gasteiger partial charge in [0.2, 0.25) is 0 Å². The molecule has 0 heteroatoms. The zero-order valence-electron chi connectivity index (χ0n) is 11.0. The van der Waals surface area contributed by atoms with Gasteiger partial charge in [-0.2, -0.15) is 0 Å². The Bertz CT molecular complexity index is 385. The van der Waals surface area contributed by atoms with Crippen molar-refractivity contribution in [2.75, 3.05) is 0 Å². The Morgan fingerprint density at radius 3 is 2.29 bits per heavy atom. The smallest absolute Gasteiger partial charge is 0.0103 e. The third kappa shape index (κ3) is 1.92. The molecule has 0 aromatic heterocycles. The summed E-state index contributed by atoms with van der Waals surface area (Å²) in [4.78, 5) is 0. The predicted octanol–water partition coefficient (Wildman–Crippen LogP) is 5.21. The van der Waals surface area contributed by atoms with Crippen LogP contribution in [-0.4, -0.2) is 0 Å². The quantitative estimate of drug-likeness (QED) is 0.618. The van der Waals surface area contributed by atoms with Gasteiger partial charge in [0.05, 0.1) is 0 Å². The lowest BCUT2D eigenvalue weighted by Crippen LogP contribution is -2.29. The van der Waals surface area contributed by atoms with Crippen LogP contribution in [-0.2, 0) is 0 Å². The first-order chi connectivity index (χ1) is 8.32. The molecular weight excluding hydrogens is 204 g/mol. The van der Waals surface area contributed by atoms with Gasteiger partial charge in [0.1, 0.15) is 0 Å². The van der Waals surface area contributed by atoms with Crippen molar-refractivity contribution in [3.8, 4) is 0 Å². The molecule has 0 nitrogen and oxygen atoms in total. The largest absolute Gasteiger partial charge is 0.0620 e. The topological polar surface area (TPSA) is 0 Å². The van der Waals surface area contributed by atoms with Crippen LogP contribution in [0.4, 0.5) is 0 Å². The van der Waals surface area contributed by atoms with Crippen molar-refractivity contribution in [3.63, 3.8) is 0 Å². The van der Waals surface area contributed by atoms with E-state index in [1.54, 1.807) is 5.56 Å². The molecular formula is C17H24. The molecule has 1 spiro atoms. The SMILES string of the molecule is Cc1ccccc1C1CCCCC12CCCC2. The molecule has 1 unspecified atom stereocenters. The highest BCUT2D eigenvalue weighted by atomic mass is 14.5. The Morgan fingerprint density at radius 1 is 0.941 bits per heavy atom. The molecule has 2 fully saturated rings. The number of hydrogen-bond donors (Lipinski definition) is 0. The summed E-state index contributed by atoms with van der Waals surface area (Å²) in [5, 5.41) is 0. The molecule has 0 radical (unpaired) electrons. The first kappa shape index (κ1) is 11.3. The molecule has 2 saturated carbocycles. The second-order valence-corrected chi connectivity index (χ2v) is 6.22. The monoisotopic (exact) mass is 228 g/mol. The minimum Gasteiger partial charge on any atom is -0.0620 e. The summed E-state index contributed by atoms with van der Waals surface area (Å²) in [5.74, 6) is 0.861. The first-order valence-electron chi connectivity index (χ1n) is 7.37. The molecule has 0 aliphatic heterocycles. The number of hydrogen-bond acceptors (Lipinski definition) is 0. The summed E-state index contributed by atoms with van der Waals surface area (Å²) in [6, 6.07) is 9.11. The summed E-state index contributed by atoms with van der Waals surface area (Å²) in [6.07, 6.45) is 11.8. The Balaban J connectivity index is 1.97. The molecule has 1 aromatic rings. The molecule has 17 heavy (non-hydrogen) atoms. The van der Waals surface area contributed by atoms with Crippen molar-refractivity contribution in [2.45, 2.75) is 64.2 Å². The van der Waals surface area contributed by atoms with Crippen LogP contribution in [0.5, 0.6) is 0 Å². The van der Waals surface area contributed by atoms with Crippen LogP contribution < -0.4 is 0 Å². The second-order valence-electron chi connectivity index (χ2n) is 6.22. The van der Waals surface area contributed by atoms with E-state index in [2.05, 4.69) is 31.2 Å². The van der Waals surface area contributed by atoms with E-state index in [0.717, 1.165) is 5.92 Å². The highest BCUT2D eigenvalue weighted by Crippen LogP contribution is 2.56. The van der Waals surface area contributed by atoms with Crippen LogP contribution in [0, 0.1) is 12.3 Å². The van der Waals surface area contributed by atoms with E-state index in [9.17, 15) is 0 Å². The van der Waals surface area contributed by atoms with Gasteiger partial charge in [0.25, 0.3) is 0 Å². The molecule has 92 valence electrons. The molecule has 0 bridgehead atoms. The van der Waals surface area contributed by atoms with Crippen molar-refractivity contribution in [3.05, 3.63) is 35.4 Å². The van der Waals surface area contributed by atoms with E-state index in [-0.39, 0.29) is 0 Å². The molecule has 0 amide bonds. The lowest BCUT2D eigenvalue weighted by molar-refractivity contribution is 0.156. The minimum atomic E-state index is 0.685. The fraction of sp³-hybridized carbons (Fsp3) is 0.647. The molecule has 2 aliphatic carbocycles. The van der Waals surface area contributed by atoms with Gasteiger partial charge in [-0.25, -0.2) is 0 Å². The van der Waals surface area contributed by atoms with Crippen LogP contribution in [0.2, 0.25) is 0 Å². The Morgan fingerprint density at radius 2 is 1.59 bits per heavy atom. The average Bonchev–Trinajstić information content (AvgIpc) is 2.80. The molecule has 0 saturated heterocycles. The molecule has 2 aliphatic rings. The van der Waals surface area contributed by atoms with E-state index in [1.807, 2.05) is 0 Å². The zero-order chi connectivity index (χ0) is 11.7. The van der Waals surface area contributed by atoms with E-state index in [4.69, 9.17) is 0 Å². The fourth-order valence-corrected chi connectivity index (χ4v) is 4.45. The third-order valence-corrected chi connectivity index (χ3v) is 5.32. The first-order valence-corrected chi connectivity index (χ1v) is 7.37. The van der Waals surface area contributed by atoms with Gasteiger partial charge in [-0.1, -0.05) is 49.9 Å². The van der Waals surface area contributed by atoms with Crippen molar-refractivity contribution in [2.24, 2.45) is 5.41 Å². The maximum Gasteiger partial charge on any atom is -0.0103 e. The van der Waals surface area contributed by atoms with Gasteiger partial charge >= 0.3 is 0 Å². The number of benzene rings is 1. The summed E-state index contributed by atoms with van der Waals surface area (Å²) < 4.78 is 0. The summed E-state index contributed by atoms with van der Waals surface area (Å²) in [7, 11) is 0. The van der Waals surface area contributed by atoms with E-state index < -0.39 is 0 Å². The Labute approximate surface area is 105 Å². The van der Waals surface area contributed by atoms with Crippen molar-refractivity contribution >= 4 is 0 Å². The maximum atomic E-state index is 2.39. The van der Waals surface area contributed by atoms with Crippen molar-refractivity contribution in [1.82, 2.24) is 0 Å². The lowest BCUT2D eigenvalue weighted by Gasteiger charge is -2.42. The molecule has 0 heterocycles. The van der Waals surface area contributed by atoms with Gasteiger partial charge in [0.15, 0.2) is 0 Å². The van der Waals surface area contributed by atoms with Crippen LogP contribution in [0.25, 0.3) is 0 Å². The summed E-state index contributed by atoms with van der Waals surface area (Å²) in [6.45, 7) is 2.30. The average molecular weight is 228 g/mol. The van der Waals surface area contributed by atoms with Crippen LogP contribution in [0.15, 0.2) is 24.3 Å². The second kappa shape index (κ2) is 4.48. The lowest BCUT2D eigenvalue weighted by atomic mass is 9.62. The molecule has 3 rings (SSSR count). The van der Waals surface area contributed by atoms with Crippen molar-refractivity contribution < 1.29 is 0 Å². The van der Waals surface area contributed by atoms with E-state index in [1.165, 1.54) is 56.9 Å². The fourth-order valence-electron chi connectivity index (χ4n) is 4.45. The molecule has 0 N–H and O–H groups in total. The van der Waals surface area contributed by atoms with Crippen LogP contribution >= 0.6 is 0 Å². The Kier molecular flexibility index (Phi) is 2.98. The number of aryl methyl sites for hydroxylation is 1. The van der Waals surface area contributed by atoms with E-state index in [0.29, 0.717) is 5.41 Å². The van der Waals surface area contributed by atoms with Gasteiger partial charge in [-0.3, -0.25) is 0 Å². The van der Waals surface area contributed by atoms with Gasteiger partial charge in [-0.15, -0.1) is 0 Å². The normalized spacial score (nSPS) is 27.5. The molecule has 1 aromatic carbocycles. The zero-order valence-corrected chi connectivity index (χ0v) is 11.0. The summed E-state index contributed by atoms with van der Waals surface area (Å²) >= 11 is 0. The third-order valence-electron chi connectivity index (χ3n) is 5.32. The van der Waals surface area contributed by atoms with Crippen molar-refractivity contribution in [1.29, 1.82) is 0 Å². The molecule has 1 atom stereocenters. The van der Waals surface area contributed by atoms with Gasteiger partial charge < -0.3 is 0 Å². The minimum absolute atomic E-state index is 0.685. The highest BCUT2D eigenvalue weighted by Gasteiger charge is 2.43. The summed E-state index contributed by atoms with van der Waals surface area (Å²) in [5.41, 5.74) is 3.87. The highest BCUT2D eigenvalue weighted by molar-refractivity contribution is 5.31. The van der Waals surface area contributed by atoms with Crippen LogP contribution in [0.3, 0.4) is 0 Å². The van der Waals surface area contributed by atoms with E-state index >= 15 is 0 Å². The maximum absolute atomic E-state index is 2.39. The van der Waals surface area contributed by atoms with Gasteiger partial charge in [0, 0.05) is 0 Å².